The zero-order chi connectivity index (χ0) is 13.9. The summed E-state index contributed by atoms with van der Waals surface area (Å²) in [5.41, 5.74) is 1.95. The van der Waals surface area contributed by atoms with Crippen LogP contribution in [0.1, 0.15) is 5.56 Å². The van der Waals surface area contributed by atoms with Crippen molar-refractivity contribution in [3.8, 4) is 28.9 Å². The van der Waals surface area contributed by atoms with Gasteiger partial charge in [0.25, 0.3) is 5.89 Å². The van der Waals surface area contributed by atoms with Gasteiger partial charge < -0.3 is 4.52 Å². The number of nitrogens with zero attached hydrogens (tertiary/aromatic N) is 4. The molecular formula is C14H7ClN4O. The molecule has 20 heavy (non-hydrogen) atoms. The normalized spacial score (nSPS) is 10.2. The second-order valence-corrected chi connectivity index (χ2v) is 4.37. The van der Waals surface area contributed by atoms with Gasteiger partial charge in [-0.2, -0.15) is 10.2 Å². The van der Waals surface area contributed by atoms with Gasteiger partial charge in [0.05, 0.1) is 17.2 Å². The fourth-order valence-electron chi connectivity index (χ4n) is 1.69. The molecule has 96 valence electrons. The second kappa shape index (κ2) is 5.11. The molecule has 0 N–H and O–H groups in total. The molecule has 0 radical (unpaired) electrons. The lowest BCUT2D eigenvalue weighted by molar-refractivity contribution is 0.432. The third kappa shape index (κ3) is 2.37. The number of nitriles is 1. The SMILES string of the molecule is N#Cc1cccc(-c2noc(-c3ccc(Cl)nc3)n2)c1. The smallest absolute Gasteiger partial charge is 0.259 e. The Morgan fingerprint density at radius 2 is 2.05 bits per heavy atom. The van der Waals surface area contributed by atoms with Crippen LogP contribution in [0, 0.1) is 11.3 Å². The molecule has 2 aromatic heterocycles. The second-order valence-electron chi connectivity index (χ2n) is 3.99. The van der Waals surface area contributed by atoms with Crippen LogP contribution in [0.25, 0.3) is 22.8 Å². The van der Waals surface area contributed by atoms with Crippen molar-refractivity contribution in [2.45, 2.75) is 0 Å². The molecule has 2 heterocycles. The highest BCUT2D eigenvalue weighted by atomic mass is 35.5. The summed E-state index contributed by atoms with van der Waals surface area (Å²) < 4.78 is 5.19. The van der Waals surface area contributed by atoms with Crippen molar-refractivity contribution in [1.29, 1.82) is 5.26 Å². The van der Waals surface area contributed by atoms with Crippen molar-refractivity contribution in [1.82, 2.24) is 15.1 Å². The van der Waals surface area contributed by atoms with Gasteiger partial charge in [0.2, 0.25) is 5.82 Å². The van der Waals surface area contributed by atoms with Crippen LogP contribution in [0.5, 0.6) is 0 Å². The molecular weight excluding hydrogens is 276 g/mol. The Bertz CT molecular complexity index is 789. The van der Waals surface area contributed by atoms with E-state index in [1.165, 1.54) is 0 Å². The van der Waals surface area contributed by atoms with Gasteiger partial charge in [-0.15, -0.1) is 0 Å². The highest BCUT2D eigenvalue weighted by molar-refractivity contribution is 6.29. The van der Waals surface area contributed by atoms with Gasteiger partial charge in [-0.05, 0) is 24.3 Å². The minimum absolute atomic E-state index is 0.353. The van der Waals surface area contributed by atoms with Crippen LogP contribution in [0.15, 0.2) is 47.1 Å². The minimum atomic E-state index is 0.353. The van der Waals surface area contributed by atoms with Crippen LogP contribution >= 0.6 is 11.6 Å². The summed E-state index contributed by atoms with van der Waals surface area (Å²) in [6.07, 6.45) is 1.56. The van der Waals surface area contributed by atoms with Crippen molar-refractivity contribution >= 4 is 11.6 Å². The molecule has 0 aliphatic rings. The molecule has 1 aromatic carbocycles. The van der Waals surface area contributed by atoms with E-state index in [1.807, 2.05) is 6.07 Å². The van der Waals surface area contributed by atoms with E-state index in [-0.39, 0.29) is 0 Å². The summed E-state index contributed by atoms with van der Waals surface area (Å²) in [5, 5.41) is 13.2. The molecule has 5 nitrogen and oxygen atoms in total. The average molecular weight is 283 g/mol. The van der Waals surface area contributed by atoms with Crippen LogP contribution in [0.2, 0.25) is 5.15 Å². The van der Waals surface area contributed by atoms with Crippen molar-refractivity contribution in [3.63, 3.8) is 0 Å². The number of benzene rings is 1. The Hall–Kier alpha value is -2.71. The fraction of sp³-hybridized carbons (Fsp3) is 0. The third-order valence-electron chi connectivity index (χ3n) is 2.65. The Morgan fingerprint density at radius 3 is 2.80 bits per heavy atom. The summed E-state index contributed by atoms with van der Waals surface area (Å²) in [6, 6.07) is 12.5. The summed E-state index contributed by atoms with van der Waals surface area (Å²) in [6.45, 7) is 0. The van der Waals surface area contributed by atoms with E-state index in [2.05, 4.69) is 21.2 Å². The number of hydrogen-bond donors (Lipinski definition) is 0. The first-order valence-corrected chi connectivity index (χ1v) is 6.10. The molecule has 3 aromatic rings. The monoisotopic (exact) mass is 282 g/mol. The molecule has 0 saturated carbocycles. The Balaban J connectivity index is 1.97. The summed E-state index contributed by atoms with van der Waals surface area (Å²) in [5.74, 6) is 0.776. The molecule has 0 amide bonds. The number of hydrogen-bond acceptors (Lipinski definition) is 5. The van der Waals surface area contributed by atoms with E-state index in [4.69, 9.17) is 21.4 Å². The lowest BCUT2D eigenvalue weighted by Gasteiger charge is -1.94. The van der Waals surface area contributed by atoms with E-state index in [0.29, 0.717) is 28.0 Å². The number of aromatic nitrogens is 3. The summed E-state index contributed by atoms with van der Waals surface area (Å²) in [4.78, 5) is 8.25. The van der Waals surface area contributed by atoms with Crippen molar-refractivity contribution in [2.75, 3.05) is 0 Å². The highest BCUT2D eigenvalue weighted by Crippen LogP contribution is 2.22. The number of rotatable bonds is 2. The third-order valence-corrected chi connectivity index (χ3v) is 2.87. The van der Waals surface area contributed by atoms with Crippen LogP contribution in [0.4, 0.5) is 0 Å². The van der Waals surface area contributed by atoms with Crippen LogP contribution in [0.3, 0.4) is 0 Å². The first kappa shape index (κ1) is 12.3. The summed E-state index contributed by atoms with van der Waals surface area (Å²) >= 11 is 5.73. The van der Waals surface area contributed by atoms with Crippen molar-refractivity contribution in [2.24, 2.45) is 0 Å². The molecule has 0 spiro atoms. The molecule has 3 rings (SSSR count). The minimum Gasteiger partial charge on any atom is -0.334 e. The first-order valence-electron chi connectivity index (χ1n) is 5.72. The lowest BCUT2D eigenvalue weighted by Crippen LogP contribution is -1.83. The Kier molecular flexibility index (Phi) is 3.15. The molecule has 0 aliphatic heterocycles. The molecule has 0 fully saturated rings. The van der Waals surface area contributed by atoms with E-state index < -0.39 is 0 Å². The van der Waals surface area contributed by atoms with Gasteiger partial charge in [0.15, 0.2) is 0 Å². The maximum atomic E-state index is 8.88. The van der Waals surface area contributed by atoms with Gasteiger partial charge in [0, 0.05) is 11.8 Å². The van der Waals surface area contributed by atoms with Crippen LogP contribution < -0.4 is 0 Å². The van der Waals surface area contributed by atoms with Crippen molar-refractivity contribution in [3.05, 3.63) is 53.3 Å². The molecule has 0 unspecified atom stereocenters. The zero-order valence-corrected chi connectivity index (χ0v) is 10.9. The fourth-order valence-corrected chi connectivity index (χ4v) is 1.80. The van der Waals surface area contributed by atoms with Crippen molar-refractivity contribution < 1.29 is 4.52 Å². The van der Waals surface area contributed by atoms with E-state index >= 15 is 0 Å². The number of halogens is 1. The van der Waals surface area contributed by atoms with Gasteiger partial charge >= 0.3 is 0 Å². The standard InChI is InChI=1S/C14H7ClN4O/c15-12-5-4-11(8-17-12)14-18-13(19-20-14)10-3-1-2-9(6-10)7-16/h1-6,8H. The molecule has 0 saturated heterocycles. The predicted molar refractivity (Wildman–Crippen MR) is 72.7 cm³/mol. The van der Waals surface area contributed by atoms with E-state index in [1.54, 1.807) is 36.5 Å². The molecule has 0 bridgehead atoms. The van der Waals surface area contributed by atoms with Gasteiger partial charge in [-0.3, -0.25) is 0 Å². The van der Waals surface area contributed by atoms with Gasteiger partial charge in [0.1, 0.15) is 5.15 Å². The topological polar surface area (TPSA) is 75.6 Å². The molecule has 0 aliphatic carbocycles. The molecule has 0 atom stereocenters. The first-order chi connectivity index (χ1) is 9.76. The average Bonchev–Trinajstić information content (AvgIpc) is 2.98. The predicted octanol–water partition coefficient (Wildman–Crippen LogP) is 3.32. The van der Waals surface area contributed by atoms with Gasteiger partial charge in [-0.1, -0.05) is 28.9 Å². The zero-order valence-electron chi connectivity index (χ0n) is 10.1. The maximum Gasteiger partial charge on any atom is 0.259 e. The van der Waals surface area contributed by atoms with Gasteiger partial charge in [-0.25, -0.2) is 4.98 Å². The van der Waals surface area contributed by atoms with Crippen LogP contribution in [-0.2, 0) is 0 Å². The lowest BCUT2D eigenvalue weighted by atomic mass is 10.1. The maximum absolute atomic E-state index is 8.88. The Labute approximate surface area is 119 Å². The van der Waals surface area contributed by atoms with Crippen LogP contribution in [-0.4, -0.2) is 15.1 Å². The number of pyridine rings is 1. The quantitative estimate of drug-likeness (QED) is 0.674. The summed E-state index contributed by atoms with van der Waals surface area (Å²) in [7, 11) is 0. The van der Waals surface area contributed by atoms with E-state index in [9.17, 15) is 0 Å². The van der Waals surface area contributed by atoms with E-state index in [0.717, 1.165) is 5.56 Å². The molecule has 6 heteroatoms. The Morgan fingerprint density at radius 1 is 1.15 bits per heavy atom. The largest absolute Gasteiger partial charge is 0.334 e. The highest BCUT2D eigenvalue weighted by Gasteiger charge is 2.11.